The molecule has 0 saturated heterocycles. The summed E-state index contributed by atoms with van der Waals surface area (Å²) in [5.74, 6) is 4.31. The van der Waals surface area contributed by atoms with Crippen molar-refractivity contribution in [1.82, 2.24) is 29.9 Å². The quantitative estimate of drug-likeness (QED) is 0.185. The zero-order chi connectivity index (χ0) is 44.2. The number of nitrogens with one attached hydrogen (secondary N) is 1. The van der Waals surface area contributed by atoms with E-state index in [4.69, 9.17) is 4.42 Å². The minimum Gasteiger partial charge on any atom is -0.440 e. The van der Waals surface area contributed by atoms with Crippen LogP contribution >= 0.6 is 11.3 Å². The number of fused-ring (bicyclic) bond motifs is 5. The average Bonchev–Trinajstić information content (AvgIpc) is 4.05. The summed E-state index contributed by atoms with van der Waals surface area (Å²) in [4.78, 5) is 25.6. The maximum Gasteiger partial charge on any atom is 0.198 e. The third-order valence-electron chi connectivity index (χ3n) is 10.1. The maximum atomic E-state index is 5.52. The Morgan fingerprint density at radius 3 is 1.71 bits per heavy atom. The molecule has 0 amide bonds. The van der Waals surface area contributed by atoms with E-state index < -0.39 is 0 Å². The molecule has 8 heteroatoms. The molecule has 0 unspecified atom stereocenters. The highest BCUT2D eigenvalue weighted by molar-refractivity contribution is 7.18. The molecule has 5 aromatic carbocycles. The van der Waals surface area contributed by atoms with Crippen LogP contribution < -0.4 is 0 Å². The summed E-state index contributed by atoms with van der Waals surface area (Å²) >= 11 is 1.79. The zero-order valence-electron chi connectivity index (χ0n) is 37.8. The average molecular weight is 841 g/mol. The summed E-state index contributed by atoms with van der Waals surface area (Å²) in [6.07, 6.45) is 1.97. The van der Waals surface area contributed by atoms with Gasteiger partial charge in [0.05, 0.1) is 37.3 Å². The fourth-order valence-electron chi connectivity index (χ4n) is 6.33. The first kappa shape index (κ1) is 45.3. The van der Waals surface area contributed by atoms with E-state index in [1.54, 1.807) is 11.3 Å². The Balaban J connectivity index is 0.000000129. The van der Waals surface area contributed by atoms with Crippen molar-refractivity contribution in [1.29, 1.82) is 0 Å². The molecular weight excluding hydrogens is 781 g/mol. The Hall–Kier alpha value is -6.25. The van der Waals surface area contributed by atoms with Crippen molar-refractivity contribution in [3.8, 4) is 0 Å². The molecule has 0 atom stereocenters. The number of imidazole rings is 1. The van der Waals surface area contributed by atoms with Gasteiger partial charge < -0.3 is 9.40 Å². The minimum atomic E-state index is 0.359. The molecule has 0 bridgehead atoms. The molecule has 7 nitrogen and oxygen atoms in total. The predicted octanol–water partition coefficient (Wildman–Crippen LogP) is 15.8. The summed E-state index contributed by atoms with van der Waals surface area (Å²) in [6.45, 7) is 21.5. The molecule has 62 heavy (non-hydrogen) atoms. The smallest absolute Gasteiger partial charge is 0.198 e. The van der Waals surface area contributed by atoms with Gasteiger partial charge in [-0.15, -0.1) is 11.3 Å². The molecule has 0 radical (unpaired) electrons. The van der Waals surface area contributed by atoms with Gasteiger partial charge in [-0.05, 0) is 78.1 Å². The summed E-state index contributed by atoms with van der Waals surface area (Å²) in [6, 6.07) is 47.1. The number of benzene rings is 5. The normalized spacial score (nSPS) is 11.1. The van der Waals surface area contributed by atoms with Crippen molar-refractivity contribution in [2.75, 3.05) is 0 Å². The Kier molecular flexibility index (Phi) is 15.7. The number of hydrogen-bond acceptors (Lipinski definition) is 7. The molecule has 0 aliphatic carbocycles. The van der Waals surface area contributed by atoms with Crippen LogP contribution in [0.2, 0.25) is 0 Å². The van der Waals surface area contributed by atoms with Crippen molar-refractivity contribution >= 4 is 65.5 Å². The van der Waals surface area contributed by atoms with E-state index in [1.165, 1.54) is 31.7 Å². The van der Waals surface area contributed by atoms with Crippen molar-refractivity contribution in [3.05, 3.63) is 174 Å². The van der Waals surface area contributed by atoms with Crippen LogP contribution in [0.4, 0.5) is 0 Å². The monoisotopic (exact) mass is 840 g/mol. The summed E-state index contributed by atoms with van der Waals surface area (Å²) in [7, 11) is 0. The lowest BCUT2D eigenvalue weighted by atomic mass is 10.0. The molecule has 0 fully saturated rings. The summed E-state index contributed by atoms with van der Waals surface area (Å²) in [5, 5.41) is 3.68. The van der Waals surface area contributed by atoms with Crippen LogP contribution in [-0.2, 0) is 0 Å². The number of thiazole rings is 1. The number of pyridine rings is 2. The van der Waals surface area contributed by atoms with Crippen LogP contribution in [-0.4, -0.2) is 29.9 Å². The van der Waals surface area contributed by atoms with Gasteiger partial charge in [-0.1, -0.05) is 148 Å². The van der Waals surface area contributed by atoms with Gasteiger partial charge in [0.2, 0.25) is 0 Å². The largest absolute Gasteiger partial charge is 0.440 e. The fourth-order valence-corrected chi connectivity index (χ4v) is 7.30. The first-order valence-electron chi connectivity index (χ1n) is 21.7. The highest BCUT2D eigenvalue weighted by Crippen LogP contribution is 2.27. The second-order valence-electron chi connectivity index (χ2n) is 16.8. The molecule has 0 spiro atoms. The lowest BCUT2D eigenvalue weighted by Crippen LogP contribution is -1.91. The first-order valence-corrected chi connectivity index (χ1v) is 22.5. The highest BCUT2D eigenvalue weighted by Gasteiger charge is 2.08. The van der Waals surface area contributed by atoms with Gasteiger partial charge in [0.1, 0.15) is 11.3 Å². The van der Waals surface area contributed by atoms with Gasteiger partial charge >= 0.3 is 0 Å². The van der Waals surface area contributed by atoms with E-state index in [0.717, 1.165) is 50.4 Å². The molecule has 0 aliphatic rings. The lowest BCUT2D eigenvalue weighted by molar-refractivity contribution is 0.501. The zero-order valence-corrected chi connectivity index (χ0v) is 38.6. The third-order valence-corrected chi connectivity index (χ3v) is 11.4. The number of hydrogen-bond donors (Lipinski definition) is 1. The van der Waals surface area contributed by atoms with Gasteiger partial charge in [0.15, 0.2) is 11.5 Å². The van der Waals surface area contributed by atoms with E-state index >= 15 is 0 Å². The van der Waals surface area contributed by atoms with Crippen LogP contribution in [0.25, 0.3) is 54.2 Å². The van der Waals surface area contributed by atoms with E-state index in [2.05, 4.69) is 154 Å². The predicted molar refractivity (Wildman–Crippen MR) is 264 cm³/mol. The number of para-hydroxylation sites is 7. The molecule has 1 N–H and O–H groups in total. The van der Waals surface area contributed by atoms with Gasteiger partial charge in [0.25, 0.3) is 0 Å². The van der Waals surface area contributed by atoms with Gasteiger partial charge in [0, 0.05) is 40.4 Å². The van der Waals surface area contributed by atoms with Crippen LogP contribution in [0.15, 0.2) is 150 Å². The van der Waals surface area contributed by atoms with E-state index in [0.29, 0.717) is 29.6 Å². The highest BCUT2D eigenvalue weighted by atomic mass is 32.1. The van der Waals surface area contributed by atoms with Crippen molar-refractivity contribution in [3.63, 3.8) is 0 Å². The number of H-pyrrole nitrogens is 1. The molecule has 318 valence electrons. The molecule has 10 aromatic rings. The Bertz CT molecular complexity index is 2570. The number of aromatic nitrogens is 6. The fraction of sp³-hybridized carbons (Fsp3) is 0.278. The molecule has 0 saturated carbocycles. The van der Waals surface area contributed by atoms with Crippen molar-refractivity contribution in [2.24, 2.45) is 0 Å². The number of oxazole rings is 1. The van der Waals surface area contributed by atoms with Gasteiger partial charge in [-0.2, -0.15) is 0 Å². The standard InChI is InChI=1S/2C12H13N.C10H12N2.C10H11NO.C10H11NS/c1-9(2)11-7-10-5-3-4-6-12(10)13-8-11;1-9(2)11-8-7-10-5-3-4-6-12(10)13-11;3*1-7(2)10-11-8-5-3-4-6-9(8)12-10/h2*3-9H,1-2H3;3-7H,1-2H3,(H,11,12);2*3-7H,1-2H3. The summed E-state index contributed by atoms with van der Waals surface area (Å²) < 4.78 is 6.81. The lowest BCUT2D eigenvalue weighted by Gasteiger charge is -2.05. The SMILES string of the molecule is CC(C)c1ccc2ccccc2n1.CC(C)c1cnc2ccccc2c1.CC(C)c1nc2ccccc2[nH]1.CC(C)c1nc2ccccc2o1.CC(C)c1nc2ccccc2s1. The van der Waals surface area contributed by atoms with Crippen LogP contribution in [0.1, 0.15) is 127 Å². The second kappa shape index (κ2) is 21.5. The van der Waals surface area contributed by atoms with E-state index in [1.807, 2.05) is 91.1 Å². The first-order chi connectivity index (χ1) is 29.9. The van der Waals surface area contributed by atoms with Crippen LogP contribution in [0, 0.1) is 0 Å². The van der Waals surface area contributed by atoms with Gasteiger partial charge in [-0.25, -0.2) is 15.0 Å². The van der Waals surface area contributed by atoms with Crippen LogP contribution in [0.3, 0.4) is 0 Å². The number of rotatable bonds is 5. The van der Waals surface area contributed by atoms with E-state index in [-0.39, 0.29) is 0 Å². The second-order valence-corrected chi connectivity index (χ2v) is 17.9. The maximum absolute atomic E-state index is 5.52. The van der Waals surface area contributed by atoms with E-state index in [9.17, 15) is 0 Å². The van der Waals surface area contributed by atoms with Crippen LogP contribution in [0.5, 0.6) is 0 Å². The molecule has 5 aromatic heterocycles. The topological polar surface area (TPSA) is 93.4 Å². The molecular formula is C54H60N6OS. The van der Waals surface area contributed by atoms with Gasteiger partial charge in [-0.3, -0.25) is 9.97 Å². The third kappa shape index (κ3) is 12.2. The Labute approximate surface area is 370 Å². The molecule has 0 aliphatic heterocycles. The summed E-state index contributed by atoms with van der Waals surface area (Å²) in [5.41, 5.74) is 9.77. The van der Waals surface area contributed by atoms with Crippen molar-refractivity contribution in [2.45, 2.75) is 98.8 Å². The molecule has 5 heterocycles. The van der Waals surface area contributed by atoms with Crippen molar-refractivity contribution < 1.29 is 4.42 Å². The number of aromatic amines is 1. The Morgan fingerprint density at radius 1 is 0.468 bits per heavy atom. The number of nitrogens with zero attached hydrogens (tertiary/aromatic N) is 5. The minimum absolute atomic E-state index is 0.359. The Morgan fingerprint density at radius 2 is 1.08 bits per heavy atom. The molecule has 10 rings (SSSR count).